The van der Waals surface area contributed by atoms with Gasteiger partial charge in [-0.15, -0.1) is 6.58 Å². The van der Waals surface area contributed by atoms with Gasteiger partial charge in [-0.05, 0) is 12.5 Å². The first-order chi connectivity index (χ1) is 8.71. The molecule has 0 spiro atoms. The molecule has 18 heavy (non-hydrogen) atoms. The molecule has 0 atom stereocenters. The molecule has 0 aliphatic heterocycles. The molecular formula is C14H19NO3. The van der Waals surface area contributed by atoms with Gasteiger partial charge < -0.3 is 14.8 Å². The fraction of sp³-hybridized carbons (Fsp3) is 0.357. The van der Waals surface area contributed by atoms with Crippen LogP contribution in [0, 0.1) is 0 Å². The van der Waals surface area contributed by atoms with Crippen LogP contribution in [0.1, 0.15) is 12.0 Å². The summed E-state index contributed by atoms with van der Waals surface area (Å²) >= 11 is 0. The number of hydrogen-bond acceptors (Lipinski definition) is 3. The van der Waals surface area contributed by atoms with Gasteiger partial charge in [0.05, 0.1) is 20.6 Å². The summed E-state index contributed by atoms with van der Waals surface area (Å²) in [4.78, 5) is 11.7. The molecule has 0 bridgehead atoms. The summed E-state index contributed by atoms with van der Waals surface area (Å²) in [6, 6.07) is 5.42. The highest BCUT2D eigenvalue weighted by Crippen LogP contribution is 2.24. The van der Waals surface area contributed by atoms with Crippen molar-refractivity contribution in [1.82, 2.24) is 5.32 Å². The molecule has 0 heterocycles. The van der Waals surface area contributed by atoms with E-state index < -0.39 is 0 Å². The largest absolute Gasteiger partial charge is 0.497 e. The quantitative estimate of drug-likeness (QED) is 0.593. The van der Waals surface area contributed by atoms with E-state index in [1.807, 2.05) is 12.1 Å². The summed E-state index contributed by atoms with van der Waals surface area (Å²) < 4.78 is 10.3. The van der Waals surface area contributed by atoms with Gasteiger partial charge in [-0.25, -0.2) is 0 Å². The van der Waals surface area contributed by atoms with E-state index in [2.05, 4.69) is 11.9 Å². The van der Waals surface area contributed by atoms with Gasteiger partial charge in [0, 0.05) is 18.2 Å². The van der Waals surface area contributed by atoms with E-state index in [9.17, 15) is 4.79 Å². The molecule has 1 aromatic rings. The van der Waals surface area contributed by atoms with Crippen molar-refractivity contribution in [3.63, 3.8) is 0 Å². The Labute approximate surface area is 108 Å². The van der Waals surface area contributed by atoms with Crippen molar-refractivity contribution in [2.75, 3.05) is 20.8 Å². The van der Waals surface area contributed by atoms with Crippen LogP contribution in [0.5, 0.6) is 11.5 Å². The lowest BCUT2D eigenvalue weighted by Crippen LogP contribution is -2.25. The molecule has 1 rings (SSSR count). The van der Waals surface area contributed by atoms with E-state index in [0.29, 0.717) is 24.5 Å². The summed E-state index contributed by atoms with van der Waals surface area (Å²) in [5, 5.41) is 2.81. The summed E-state index contributed by atoms with van der Waals surface area (Å²) in [6.07, 6.45) is 2.84. The van der Waals surface area contributed by atoms with Crippen LogP contribution in [0.3, 0.4) is 0 Å². The van der Waals surface area contributed by atoms with Crippen LogP contribution in [0.2, 0.25) is 0 Å². The van der Waals surface area contributed by atoms with Crippen molar-refractivity contribution in [2.45, 2.75) is 12.8 Å². The van der Waals surface area contributed by atoms with Crippen molar-refractivity contribution < 1.29 is 14.3 Å². The fourth-order valence-electron chi connectivity index (χ4n) is 1.55. The summed E-state index contributed by atoms with van der Waals surface area (Å²) in [5.41, 5.74) is 0.842. The number of benzene rings is 1. The third kappa shape index (κ3) is 4.13. The summed E-state index contributed by atoms with van der Waals surface area (Å²) in [5.74, 6) is 1.34. The second kappa shape index (κ2) is 7.37. The predicted octanol–water partition coefficient (Wildman–Crippen LogP) is 1.94. The molecule has 0 radical (unpaired) electrons. The van der Waals surface area contributed by atoms with Crippen LogP contribution in [-0.4, -0.2) is 26.7 Å². The number of nitrogens with one attached hydrogen (secondary N) is 1. The van der Waals surface area contributed by atoms with Crippen molar-refractivity contribution in [2.24, 2.45) is 0 Å². The molecule has 98 valence electrons. The number of ether oxygens (including phenoxy) is 2. The zero-order chi connectivity index (χ0) is 13.4. The first-order valence-electron chi connectivity index (χ1n) is 5.79. The van der Waals surface area contributed by atoms with Gasteiger partial charge >= 0.3 is 0 Å². The molecular weight excluding hydrogens is 230 g/mol. The minimum atomic E-state index is -0.0275. The summed E-state index contributed by atoms with van der Waals surface area (Å²) in [6.45, 7) is 4.21. The first kappa shape index (κ1) is 14.1. The minimum Gasteiger partial charge on any atom is -0.497 e. The van der Waals surface area contributed by atoms with Crippen molar-refractivity contribution in [3.05, 3.63) is 36.4 Å². The van der Waals surface area contributed by atoms with Crippen LogP contribution < -0.4 is 14.8 Å². The SMILES string of the molecule is C=CCCNC(=O)Cc1ccc(OC)cc1OC. The van der Waals surface area contributed by atoms with Gasteiger partial charge in [-0.1, -0.05) is 12.1 Å². The van der Waals surface area contributed by atoms with Gasteiger partial charge in [0.25, 0.3) is 0 Å². The molecule has 0 aromatic heterocycles. The normalized spacial score (nSPS) is 9.67. The highest BCUT2D eigenvalue weighted by Gasteiger charge is 2.09. The van der Waals surface area contributed by atoms with E-state index in [-0.39, 0.29) is 5.91 Å². The van der Waals surface area contributed by atoms with Gasteiger partial charge in [-0.3, -0.25) is 4.79 Å². The van der Waals surface area contributed by atoms with Crippen LogP contribution in [0.25, 0.3) is 0 Å². The van der Waals surface area contributed by atoms with Crippen LogP contribution in [0.4, 0.5) is 0 Å². The monoisotopic (exact) mass is 249 g/mol. The molecule has 1 aromatic carbocycles. The number of amides is 1. The van der Waals surface area contributed by atoms with Crippen molar-refractivity contribution in [3.8, 4) is 11.5 Å². The van der Waals surface area contributed by atoms with Crippen molar-refractivity contribution in [1.29, 1.82) is 0 Å². The van der Waals surface area contributed by atoms with Crippen molar-refractivity contribution >= 4 is 5.91 Å². The molecule has 0 saturated carbocycles. The highest BCUT2D eigenvalue weighted by molar-refractivity contribution is 5.79. The second-order valence-corrected chi connectivity index (χ2v) is 3.78. The lowest BCUT2D eigenvalue weighted by Gasteiger charge is -2.10. The lowest BCUT2D eigenvalue weighted by molar-refractivity contribution is -0.120. The lowest BCUT2D eigenvalue weighted by atomic mass is 10.1. The van der Waals surface area contributed by atoms with E-state index in [0.717, 1.165) is 12.0 Å². The minimum absolute atomic E-state index is 0.0275. The molecule has 0 fully saturated rings. The molecule has 1 amide bonds. The first-order valence-corrected chi connectivity index (χ1v) is 5.79. The van der Waals surface area contributed by atoms with E-state index in [4.69, 9.17) is 9.47 Å². The number of rotatable bonds is 7. The maximum Gasteiger partial charge on any atom is 0.224 e. The van der Waals surface area contributed by atoms with Crippen LogP contribution in [-0.2, 0) is 11.2 Å². The van der Waals surface area contributed by atoms with Gasteiger partial charge in [0.15, 0.2) is 0 Å². The van der Waals surface area contributed by atoms with Gasteiger partial charge in [0.1, 0.15) is 11.5 Å². The molecule has 4 heteroatoms. The van der Waals surface area contributed by atoms with E-state index in [1.165, 1.54) is 0 Å². The third-order valence-corrected chi connectivity index (χ3v) is 2.52. The van der Waals surface area contributed by atoms with E-state index >= 15 is 0 Å². The smallest absolute Gasteiger partial charge is 0.224 e. The Bertz CT molecular complexity index is 416. The zero-order valence-electron chi connectivity index (χ0n) is 10.9. The number of carbonyl (C=O) groups is 1. The Morgan fingerprint density at radius 3 is 2.78 bits per heavy atom. The maximum atomic E-state index is 11.7. The Morgan fingerprint density at radius 1 is 1.39 bits per heavy atom. The predicted molar refractivity (Wildman–Crippen MR) is 71.1 cm³/mol. The van der Waals surface area contributed by atoms with Gasteiger partial charge in [0.2, 0.25) is 5.91 Å². The third-order valence-electron chi connectivity index (χ3n) is 2.52. The highest BCUT2D eigenvalue weighted by atomic mass is 16.5. The molecule has 0 aliphatic rings. The Hall–Kier alpha value is -1.97. The molecule has 4 nitrogen and oxygen atoms in total. The molecule has 0 unspecified atom stereocenters. The second-order valence-electron chi connectivity index (χ2n) is 3.78. The Morgan fingerprint density at radius 2 is 2.17 bits per heavy atom. The van der Waals surface area contributed by atoms with E-state index in [1.54, 1.807) is 26.4 Å². The summed E-state index contributed by atoms with van der Waals surface area (Å²) in [7, 11) is 3.17. The fourth-order valence-corrected chi connectivity index (χ4v) is 1.55. The van der Waals surface area contributed by atoms with Crippen LogP contribution in [0.15, 0.2) is 30.9 Å². The molecule has 1 N–H and O–H groups in total. The number of methoxy groups -OCH3 is 2. The van der Waals surface area contributed by atoms with Gasteiger partial charge in [-0.2, -0.15) is 0 Å². The Kier molecular flexibility index (Phi) is 5.77. The average molecular weight is 249 g/mol. The van der Waals surface area contributed by atoms with Crippen LogP contribution >= 0.6 is 0 Å². The topological polar surface area (TPSA) is 47.6 Å². The maximum absolute atomic E-state index is 11.7. The molecule has 0 saturated heterocycles. The molecule has 0 aliphatic carbocycles. The average Bonchev–Trinajstić information content (AvgIpc) is 2.39. The number of hydrogen-bond donors (Lipinski definition) is 1. The Balaban J connectivity index is 2.65. The standard InChI is InChI=1S/C14H19NO3/c1-4-5-8-15-14(16)9-11-6-7-12(17-2)10-13(11)18-3/h4,6-7,10H,1,5,8-9H2,2-3H3,(H,15,16). The zero-order valence-corrected chi connectivity index (χ0v) is 10.9. The number of carbonyl (C=O) groups excluding carboxylic acids is 1.